The summed E-state index contributed by atoms with van der Waals surface area (Å²) in [6, 6.07) is 7.87. The van der Waals surface area contributed by atoms with Crippen molar-refractivity contribution in [3.8, 4) is 0 Å². The number of aromatic nitrogens is 1. The number of hydrogen-bond acceptors (Lipinski definition) is 5. The molecule has 1 aromatic heterocycles. The summed E-state index contributed by atoms with van der Waals surface area (Å²) < 4.78 is 37.2. The lowest BCUT2D eigenvalue weighted by atomic mass is 10.1. The van der Waals surface area contributed by atoms with Crippen molar-refractivity contribution in [1.82, 2.24) is 4.98 Å². The number of nitro groups is 1. The third-order valence-electron chi connectivity index (χ3n) is 2.90. The summed E-state index contributed by atoms with van der Waals surface area (Å²) in [6.07, 6.45) is -3.76. The van der Waals surface area contributed by atoms with Crippen molar-refractivity contribution in [1.29, 1.82) is 0 Å². The molecule has 0 saturated carbocycles. The lowest BCUT2D eigenvalue weighted by molar-refractivity contribution is -0.384. The summed E-state index contributed by atoms with van der Waals surface area (Å²) >= 11 is 0. The van der Waals surface area contributed by atoms with E-state index in [4.69, 9.17) is 0 Å². The van der Waals surface area contributed by atoms with Gasteiger partial charge >= 0.3 is 6.18 Å². The van der Waals surface area contributed by atoms with Crippen molar-refractivity contribution in [3.05, 3.63) is 63.8 Å². The monoisotopic (exact) mass is 324 g/mol. The first-order valence-electron chi connectivity index (χ1n) is 6.36. The maximum absolute atomic E-state index is 12.4. The molecule has 23 heavy (non-hydrogen) atoms. The first kappa shape index (κ1) is 16.4. The largest absolute Gasteiger partial charge is 0.417 e. The van der Waals surface area contributed by atoms with Crippen molar-refractivity contribution in [2.24, 2.45) is 5.10 Å². The van der Waals surface area contributed by atoms with Gasteiger partial charge in [-0.15, -0.1) is 0 Å². The fourth-order valence-electron chi connectivity index (χ4n) is 1.68. The zero-order valence-electron chi connectivity index (χ0n) is 11.8. The van der Waals surface area contributed by atoms with Crippen LogP contribution in [0.3, 0.4) is 0 Å². The molecule has 0 atom stereocenters. The first-order valence-corrected chi connectivity index (χ1v) is 6.36. The lowest BCUT2D eigenvalue weighted by Crippen LogP contribution is -2.06. The fourth-order valence-corrected chi connectivity index (χ4v) is 1.68. The summed E-state index contributed by atoms with van der Waals surface area (Å²) in [5.74, 6) is 0.128. The topological polar surface area (TPSA) is 80.4 Å². The number of benzene rings is 1. The molecule has 1 heterocycles. The van der Waals surface area contributed by atoms with Gasteiger partial charge in [0.25, 0.3) is 5.69 Å². The van der Waals surface area contributed by atoms with Crippen LogP contribution in [0.4, 0.5) is 24.7 Å². The highest BCUT2D eigenvalue weighted by Gasteiger charge is 2.30. The average Bonchev–Trinajstić information content (AvgIpc) is 2.52. The Morgan fingerprint density at radius 2 is 2.04 bits per heavy atom. The highest BCUT2D eigenvalue weighted by atomic mass is 19.4. The van der Waals surface area contributed by atoms with Crippen molar-refractivity contribution < 1.29 is 18.1 Å². The molecule has 0 unspecified atom stereocenters. The maximum atomic E-state index is 12.4. The predicted octanol–water partition coefficient (Wildman–Crippen LogP) is 3.84. The molecule has 0 aliphatic carbocycles. The molecule has 1 N–H and O–H groups in total. The third kappa shape index (κ3) is 4.25. The van der Waals surface area contributed by atoms with Crippen LogP contribution in [-0.2, 0) is 6.18 Å². The number of hydrazone groups is 1. The SMILES string of the molecule is C/C(=N\Nc1ccc(C(F)(F)F)cn1)c1cccc([N+](=O)[O-])c1. The second-order valence-electron chi connectivity index (χ2n) is 4.55. The molecule has 0 saturated heterocycles. The molecule has 6 nitrogen and oxygen atoms in total. The van der Waals surface area contributed by atoms with Gasteiger partial charge in [0.05, 0.1) is 16.2 Å². The van der Waals surface area contributed by atoms with Crippen LogP contribution in [-0.4, -0.2) is 15.6 Å². The van der Waals surface area contributed by atoms with Crippen molar-refractivity contribution >= 4 is 17.2 Å². The van der Waals surface area contributed by atoms with Crippen LogP contribution in [0.2, 0.25) is 0 Å². The average molecular weight is 324 g/mol. The van der Waals surface area contributed by atoms with Gasteiger partial charge in [-0.05, 0) is 19.1 Å². The van der Waals surface area contributed by atoms with Gasteiger partial charge in [-0.25, -0.2) is 4.98 Å². The molecule has 0 fully saturated rings. The van der Waals surface area contributed by atoms with E-state index < -0.39 is 16.7 Å². The lowest BCUT2D eigenvalue weighted by Gasteiger charge is -2.07. The van der Waals surface area contributed by atoms with Gasteiger partial charge in [-0.2, -0.15) is 18.3 Å². The Labute approximate surface area is 128 Å². The number of rotatable bonds is 4. The Kier molecular flexibility index (Phi) is 4.58. The standard InChI is InChI=1S/C14H11F3N4O2/c1-9(10-3-2-4-12(7-10)21(22)23)19-20-13-6-5-11(8-18-13)14(15,16)17/h2-8H,1H3,(H,18,20)/b19-9+. The second kappa shape index (κ2) is 6.42. The molecule has 2 aromatic rings. The second-order valence-corrected chi connectivity index (χ2v) is 4.55. The Morgan fingerprint density at radius 1 is 1.30 bits per heavy atom. The number of halogens is 3. The van der Waals surface area contributed by atoms with E-state index in [1.54, 1.807) is 13.0 Å². The fraction of sp³-hybridized carbons (Fsp3) is 0.143. The number of nitrogens with zero attached hydrogens (tertiary/aromatic N) is 3. The molecule has 9 heteroatoms. The molecule has 1 aromatic carbocycles. The summed E-state index contributed by atoms with van der Waals surface area (Å²) in [5, 5.41) is 14.7. The molecule has 120 valence electrons. The molecule has 2 rings (SSSR count). The quantitative estimate of drug-likeness (QED) is 0.526. The summed E-state index contributed by atoms with van der Waals surface area (Å²) in [4.78, 5) is 13.8. The molecular weight excluding hydrogens is 313 g/mol. The van der Waals surface area contributed by atoms with E-state index >= 15 is 0 Å². The minimum Gasteiger partial charge on any atom is -0.261 e. The van der Waals surface area contributed by atoms with Gasteiger partial charge in [-0.3, -0.25) is 15.5 Å². The van der Waals surface area contributed by atoms with Gasteiger partial charge in [-0.1, -0.05) is 12.1 Å². The highest BCUT2D eigenvalue weighted by Crippen LogP contribution is 2.28. The van der Waals surface area contributed by atoms with Crippen LogP contribution in [0, 0.1) is 10.1 Å². The number of nitro benzene ring substituents is 1. The Bertz CT molecular complexity index is 742. The van der Waals surface area contributed by atoms with E-state index in [2.05, 4.69) is 15.5 Å². The number of pyridine rings is 1. The van der Waals surface area contributed by atoms with Gasteiger partial charge in [0, 0.05) is 23.9 Å². The van der Waals surface area contributed by atoms with Crippen molar-refractivity contribution in [2.75, 3.05) is 5.43 Å². The van der Waals surface area contributed by atoms with Gasteiger partial charge in [0.15, 0.2) is 0 Å². The van der Waals surface area contributed by atoms with E-state index in [-0.39, 0.29) is 11.5 Å². The van der Waals surface area contributed by atoms with E-state index in [0.717, 1.165) is 12.1 Å². The normalized spacial score (nSPS) is 12.1. The van der Waals surface area contributed by atoms with Crippen molar-refractivity contribution in [2.45, 2.75) is 13.1 Å². The van der Waals surface area contributed by atoms with Crippen LogP contribution in [0.5, 0.6) is 0 Å². The van der Waals surface area contributed by atoms with Crippen LogP contribution >= 0.6 is 0 Å². The van der Waals surface area contributed by atoms with E-state index in [1.807, 2.05) is 0 Å². The summed E-state index contributed by atoms with van der Waals surface area (Å²) in [6.45, 7) is 1.61. The molecular formula is C14H11F3N4O2. The number of hydrogen-bond donors (Lipinski definition) is 1. The van der Waals surface area contributed by atoms with Crippen LogP contribution in [0.15, 0.2) is 47.7 Å². The molecule has 0 amide bonds. The van der Waals surface area contributed by atoms with Gasteiger partial charge in [0.1, 0.15) is 5.82 Å². The number of nitrogens with one attached hydrogen (secondary N) is 1. The van der Waals surface area contributed by atoms with E-state index in [9.17, 15) is 23.3 Å². The molecule has 0 radical (unpaired) electrons. The third-order valence-corrected chi connectivity index (χ3v) is 2.90. The Morgan fingerprint density at radius 3 is 2.61 bits per heavy atom. The minimum absolute atomic E-state index is 0.0790. The molecule has 0 aliphatic rings. The summed E-state index contributed by atoms with van der Waals surface area (Å²) in [5.41, 5.74) is 2.51. The van der Waals surface area contributed by atoms with E-state index in [1.165, 1.54) is 18.2 Å². The smallest absolute Gasteiger partial charge is 0.261 e. The van der Waals surface area contributed by atoms with Crippen LogP contribution < -0.4 is 5.43 Å². The number of alkyl halides is 3. The van der Waals surface area contributed by atoms with Crippen LogP contribution in [0.25, 0.3) is 0 Å². The number of non-ortho nitro benzene ring substituents is 1. The highest BCUT2D eigenvalue weighted by molar-refractivity contribution is 5.99. The first-order chi connectivity index (χ1) is 10.8. The van der Waals surface area contributed by atoms with Crippen molar-refractivity contribution in [3.63, 3.8) is 0 Å². The Balaban J connectivity index is 2.13. The summed E-state index contributed by atoms with van der Waals surface area (Å²) in [7, 11) is 0. The molecule has 0 spiro atoms. The molecule has 0 bridgehead atoms. The Hall–Kier alpha value is -2.97. The van der Waals surface area contributed by atoms with Gasteiger partial charge < -0.3 is 0 Å². The van der Waals surface area contributed by atoms with Crippen LogP contribution in [0.1, 0.15) is 18.1 Å². The number of anilines is 1. The molecule has 0 aliphatic heterocycles. The predicted molar refractivity (Wildman–Crippen MR) is 78.2 cm³/mol. The van der Waals surface area contributed by atoms with Gasteiger partial charge in [0.2, 0.25) is 0 Å². The zero-order chi connectivity index (χ0) is 17.0. The maximum Gasteiger partial charge on any atom is 0.417 e. The van der Waals surface area contributed by atoms with E-state index in [0.29, 0.717) is 17.5 Å². The minimum atomic E-state index is -4.45. The zero-order valence-corrected chi connectivity index (χ0v) is 11.8.